The normalized spacial score (nSPS) is 12.5. The zero-order valence-corrected chi connectivity index (χ0v) is 7.70. The molecule has 0 aromatic heterocycles. The van der Waals surface area contributed by atoms with E-state index in [-0.39, 0.29) is 6.61 Å². The molecule has 0 aliphatic rings. The van der Waals surface area contributed by atoms with Gasteiger partial charge in [-0.3, -0.25) is 0 Å². The molecule has 72 valence electrons. The summed E-state index contributed by atoms with van der Waals surface area (Å²) >= 11 is 0. The maximum Gasteiger partial charge on any atom is 0.0781 e. The molecule has 3 heteroatoms. The third kappa shape index (κ3) is 2.72. The summed E-state index contributed by atoms with van der Waals surface area (Å²) in [5.74, 6) is 0. The van der Waals surface area contributed by atoms with E-state index in [1.165, 1.54) is 0 Å². The van der Waals surface area contributed by atoms with Crippen LogP contribution in [-0.2, 0) is 0 Å². The molecule has 0 fully saturated rings. The Hall–Kier alpha value is -1.06. The van der Waals surface area contributed by atoms with Crippen molar-refractivity contribution in [3.63, 3.8) is 0 Å². The van der Waals surface area contributed by atoms with Crippen molar-refractivity contribution in [1.29, 1.82) is 0 Å². The molecule has 0 aliphatic heterocycles. The molecular formula is C10H15NO2. The van der Waals surface area contributed by atoms with Crippen molar-refractivity contribution in [1.82, 2.24) is 0 Å². The lowest BCUT2D eigenvalue weighted by Gasteiger charge is -2.12. The van der Waals surface area contributed by atoms with Crippen molar-refractivity contribution >= 4 is 5.69 Å². The third-order valence-electron chi connectivity index (χ3n) is 1.84. The van der Waals surface area contributed by atoms with Gasteiger partial charge in [-0.2, -0.15) is 0 Å². The standard InChI is InChI=1S/C10H15NO2/c1-8(13)9-4-2-3-5-10(9)11-6-7-12/h2-5,8,11-13H,6-7H2,1H3/t8-/m0/s1. The zero-order chi connectivity index (χ0) is 9.68. The molecular weight excluding hydrogens is 166 g/mol. The van der Waals surface area contributed by atoms with Crippen molar-refractivity contribution in [3.8, 4) is 0 Å². The van der Waals surface area contributed by atoms with E-state index >= 15 is 0 Å². The molecule has 0 unspecified atom stereocenters. The molecule has 3 N–H and O–H groups in total. The van der Waals surface area contributed by atoms with Gasteiger partial charge in [0.05, 0.1) is 12.7 Å². The average molecular weight is 181 g/mol. The van der Waals surface area contributed by atoms with Gasteiger partial charge in [-0.1, -0.05) is 18.2 Å². The average Bonchev–Trinajstić information content (AvgIpc) is 2.15. The number of anilines is 1. The lowest BCUT2D eigenvalue weighted by Crippen LogP contribution is -2.08. The molecule has 1 aromatic carbocycles. The molecule has 0 amide bonds. The van der Waals surface area contributed by atoms with Crippen LogP contribution >= 0.6 is 0 Å². The Morgan fingerprint density at radius 1 is 1.38 bits per heavy atom. The first-order valence-corrected chi connectivity index (χ1v) is 4.37. The van der Waals surface area contributed by atoms with Crippen molar-refractivity contribution in [2.45, 2.75) is 13.0 Å². The number of para-hydroxylation sites is 1. The van der Waals surface area contributed by atoms with E-state index < -0.39 is 6.10 Å². The Morgan fingerprint density at radius 3 is 2.69 bits per heavy atom. The number of hydrogen-bond donors (Lipinski definition) is 3. The van der Waals surface area contributed by atoms with E-state index in [9.17, 15) is 5.11 Å². The third-order valence-corrected chi connectivity index (χ3v) is 1.84. The molecule has 0 saturated carbocycles. The summed E-state index contributed by atoms with van der Waals surface area (Å²) in [5.41, 5.74) is 1.74. The highest BCUT2D eigenvalue weighted by atomic mass is 16.3. The van der Waals surface area contributed by atoms with Gasteiger partial charge < -0.3 is 15.5 Å². The minimum Gasteiger partial charge on any atom is -0.395 e. The van der Waals surface area contributed by atoms with Crippen LogP contribution in [0.4, 0.5) is 5.69 Å². The zero-order valence-electron chi connectivity index (χ0n) is 7.70. The van der Waals surface area contributed by atoms with Gasteiger partial charge in [0, 0.05) is 17.8 Å². The molecule has 0 aliphatic carbocycles. The maximum atomic E-state index is 9.40. The topological polar surface area (TPSA) is 52.5 Å². The molecule has 0 radical (unpaired) electrons. The van der Waals surface area contributed by atoms with E-state index in [1.807, 2.05) is 24.3 Å². The van der Waals surface area contributed by atoms with E-state index in [0.717, 1.165) is 11.3 Å². The van der Waals surface area contributed by atoms with Gasteiger partial charge >= 0.3 is 0 Å². The van der Waals surface area contributed by atoms with Crippen molar-refractivity contribution in [3.05, 3.63) is 29.8 Å². The minimum atomic E-state index is -0.484. The molecule has 0 bridgehead atoms. The van der Waals surface area contributed by atoms with Crippen LogP contribution in [0, 0.1) is 0 Å². The van der Waals surface area contributed by atoms with Gasteiger partial charge in [-0.25, -0.2) is 0 Å². The van der Waals surface area contributed by atoms with E-state index in [0.29, 0.717) is 6.54 Å². The molecule has 3 nitrogen and oxygen atoms in total. The van der Waals surface area contributed by atoms with Gasteiger partial charge in [-0.05, 0) is 13.0 Å². The lowest BCUT2D eigenvalue weighted by atomic mass is 10.1. The molecule has 0 spiro atoms. The Morgan fingerprint density at radius 2 is 2.08 bits per heavy atom. The smallest absolute Gasteiger partial charge is 0.0781 e. The first-order valence-electron chi connectivity index (χ1n) is 4.37. The summed E-state index contributed by atoms with van der Waals surface area (Å²) in [7, 11) is 0. The number of benzene rings is 1. The fraction of sp³-hybridized carbons (Fsp3) is 0.400. The van der Waals surface area contributed by atoms with Crippen molar-refractivity contribution < 1.29 is 10.2 Å². The summed E-state index contributed by atoms with van der Waals surface area (Å²) in [4.78, 5) is 0. The van der Waals surface area contributed by atoms with Crippen molar-refractivity contribution in [2.24, 2.45) is 0 Å². The Labute approximate surface area is 78.0 Å². The summed E-state index contributed by atoms with van der Waals surface area (Å²) < 4.78 is 0. The summed E-state index contributed by atoms with van der Waals surface area (Å²) in [6, 6.07) is 7.53. The molecule has 13 heavy (non-hydrogen) atoms. The van der Waals surface area contributed by atoms with Gasteiger partial charge in [0.15, 0.2) is 0 Å². The molecule has 0 saturated heterocycles. The van der Waals surface area contributed by atoms with Crippen LogP contribution in [0.25, 0.3) is 0 Å². The quantitative estimate of drug-likeness (QED) is 0.653. The Kier molecular flexibility index (Phi) is 3.73. The van der Waals surface area contributed by atoms with Gasteiger partial charge in [0.25, 0.3) is 0 Å². The highest BCUT2D eigenvalue weighted by Gasteiger charge is 2.05. The predicted molar refractivity (Wildman–Crippen MR) is 52.7 cm³/mol. The fourth-order valence-corrected chi connectivity index (χ4v) is 1.21. The van der Waals surface area contributed by atoms with Gasteiger partial charge in [0.2, 0.25) is 0 Å². The number of nitrogens with one attached hydrogen (secondary N) is 1. The van der Waals surface area contributed by atoms with Gasteiger partial charge in [-0.15, -0.1) is 0 Å². The van der Waals surface area contributed by atoms with Crippen LogP contribution in [0.5, 0.6) is 0 Å². The number of aliphatic hydroxyl groups is 2. The summed E-state index contributed by atoms with van der Waals surface area (Å²) in [6.07, 6.45) is -0.484. The highest BCUT2D eigenvalue weighted by Crippen LogP contribution is 2.21. The maximum absolute atomic E-state index is 9.40. The first-order chi connectivity index (χ1) is 6.25. The molecule has 1 atom stereocenters. The SMILES string of the molecule is C[C@H](O)c1ccccc1NCCO. The van der Waals surface area contributed by atoms with E-state index in [2.05, 4.69) is 5.32 Å². The van der Waals surface area contributed by atoms with Crippen molar-refractivity contribution in [2.75, 3.05) is 18.5 Å². The number of hydrogen-bond acceptors (Lipinski definition) is 3. The lowest BCUT2D eigenvalue weighted by molar-refractivity contribution is 0.200. The fourth-order valence-electron chi connectivity index (χ4n) is 1.21. The predicted octanol–water partition coefficient (Wildman–Crippen LogP) is 1.14. The molecule has 1 aromatic rings. The molecule has 0 heterocycles. The Bertz CT molecular complexity index is 261. The summed E-state index contributed by atoms with van der Waals surface area (Å²) in [6.45, 7) is 2.32. The second kappa shape index (κ2) is 4.84. The number of rotatable bonds is 4. The molecule has 1 rings (SSSR count). The van der Waals surface area contributed by atoms with E-state index in [1.54, 1.807) is 6.92 Å². The van der Waals surface area contributed by atoms with Gasteiger partial charge in [0.1, 0.15) is 0 Å². The number of aliphatic hydroxyl groups excluding tert-OH is 2. The van der Waals surface area contributed by atoms with Crippen LogP contribution in [0.1, 0.15) is 18.6 Å². The highest BCUT2D eigenvalue weighted by molar-refractivity contribution is 5.51. The summed E-state index contributed by atoms with van der Waals surface area (Å²) in [5, 5.41) is 21.1. The van der Waals surface area contributed by atoms with Crippen LogP contribution < -0.4 is 5.32 Å². The van der Waals surface area contributed by atoms with Crippen LogP contribution in [0.3, 0.4) is 0 Å². The van der Waals surface area contributed by atoms with E-state index in [4.69, 9.17) is 5.11 Å². The first kappa shape index (κ1) is 10.0. The van der Waals surface area contributed by atoms with Crippen LogP contribution in [0.15, 0.2) is 24.3 Å². The largest absolute Gasteiger partial charge is 0.395 e. The Balaban J connectivity index is 2.78. The van der Waals surface area contributed by atoms with Crippen LogP contribution in [0.2, 0.25) is 0 Å². The monoisotopic (exact) mass is 181 g/mol. The second-order valence-electron chi connectivity index (χ2n) is 2.91. The second-order valence-corrected chi connectivity index (χ2v) is 2.91. The van der Waals surface area contributed by atoms with Crippen LogP contribution in [-0.4, -0.2) is 23.4 Å². The minimum absolute atomic E-state index is 0.0914.